The van der Waals surface area contributed by atoms with Gasteiger partial charge in [-0.05, 0) is 19.4 Å². The first-order valence-corrected chi connectivity index (χ1v) is 9.53. The summed E-state index contributed by atoms with van der Waals surface area (Å²) >= 11 is 0. The van der Waals surface area contributed by atoms with Crippen LogP contribution in [-0.2, 0) is 0 Å². The lowest BCUT2D eigenvalue weighted by Crippen LogP contribution is -2.74. The molecule has 0 bridgehead atoms. The van der Waals surface area contributed by atoms with Crippen LogP contribution in [0.4, 0.5) is 70.2 Å². The minimum Gasteiger partial charge on any atom is -0.200 e. The molecule has 0 spiro atoms. The van der Waals surface area contributed by atoms with Crippen molar-refractivity contribution in [3.63, 3.8) is 0 Å². The molecule has 0 rings (SSSR count). The van der Waals surface area contributed by atoms with Gasteiger partial charge in [0.1, 0.15) is 0 Å². The Morgan fingerprint density at radius 3 is 1.21 bits per heavy atom. The highest BCUT2D eigenvalue weighted by Crippen LogP contribution is 2.64. The van der Waals surface area contributed by atoms with E-state index in [9.17, 15) is 70.2 Å². The average molecular weight is 540 g/mol. The Labute approximate surface area is 183 Å². The zero-order chi connectivity index (χ0) is 27.7. The molecule has 0 unspecified atom stereocenters. The van der Waals surface area contributed by atoms with Gasteiger partial charge in [0.05, 0.1) is 0 Å². The summed E-state index contributed by atoms with van der Waals surface area (Å²) in [4.78, 5) is 0. The Balaban J connectivity index is 6.39. The van der Waals surface area contributed by atoms with Gasteiger partial charge in [0, 0.05) is 6.42 Å². The van der Waals surface area contributed by atoms with Crippen molar-refractivity contribution in [2.75, 3.05) is 0 Å². The number of allylic oxidation sites excluding steroid dienone is 2. The molecule has 0 atom stereocenters. The van der Waals surface area contributed by atoms with E-state index in [2.05, 4.69) is 0 Å². The second-order valence-electron chi connectivity index (χ2n) is 7.44. The van der Waals surface area contributed by atoms with E-state index < -0.39 is 66.3 Å². The van der Waals surface area contributed by atoms with Crippen molar-refractivity contribution in [3.05, 3.63) is 12.2 Å². The third-order valence-electron chi connectivity index (χ3n) is 4.82. The molecule has 34 heavy (non-hydrogen) atoms. The van der Waals surface area contributed by atoms with Gasteiger partial charge >= 0.3 is 47.4 Å². The molecule has 0 nitrogen and oxygen atoms in total. The molecule has 0 N–H and O–H groups in total. The van der Waals surface area contributed by atoms with Crippen LogP contribution < -0.4 is 0 Å². The highest BCUT2D eigenvalue weighted by atomic mass is 19.4. The standard InChI is InChI=1S/C18H20F16/c1-3-5-6-7-8-10-12(21,22)14(25,26)16(29,30)18(33,34)17(31,32)15(27,28)13(23,24)11(19,20)9-4-2/h4,9H,3,5-8,10H2,1-2H3/b9-4+. The van der Waals surface area contributed by atoms with Gasteiger partial charge in [-0.1, -0.05) is 38.7 Å². The van der Waals surface area contributed by atoms with Crippen LogP contribution in [0, 0.1) is 0 Å². The molecule has 0 aromatic rings. The number of halogens is 16. The lowest BCUT2D eigenvalue weighted by molar-refractivity contribution is -0.451. The Bertz CT molecular complexity index is 692. The number of rotatable bonds is 14. The molecule has 0 saturated carbocycles. The van der Waals surface area contributed by atoms with E-state index in [-0.39, 0.29) is 18.9 Å². The van der Waals surface area contributed by atoms with E-state index in [0.29, 0.717) is 19.8 Å². The topological polar surface area (TPSA) is 0 Å². The molecular formula is C18H20F16. The first kappa shape index (κ1) is 32.6. The van der Waals surface area contributed by atoms with Gasteiger partial charge in [-0.15, -0.1) is 0 Å². The molecule has 0 aliphatic rings. The van der Waals surface area contributed by atoms with Crippen molar-refractivity contribution in [2.45, 2.75) is 99.8 Å². The quantitative estimate of drug-likeness (QED) is 0.117. The summed E-state index contributed by atoms with van der Waals surface area (Å²) in [6, 6.07) is 0. The Hall–Kier alpha value is -1.38. The van der Waals surface area contributed by atoms with Crippen molar-refractivity contribution in [3.8, 4) is 0 Å². The van der Waals surface area contributed by atoms with Crippen LogP contribution in [0.1, 0.15) is 52.4 Å². The highest BCUT2D eigenvalue weighted by molar-refractivity contribution is 5.18. The molecule has 0 aromatic heterocycles. The van der Waals surface area contributed by atoms with Gasteiger partial charge in [-0.2, -0.15) is 70.2 Å². The highest BCUT2D eigenvalue weighted by Gasteiger charge is 2.94. The van der Waals surface area contributed by atoms with Crippen LogP contribution in [0.25, 0.3) is 0 Å². The largest absolute Gasteiger partial charge is 0.385 e. The summed E-state index contributed by atoms with van der Waals surface area (Å²) in [5.41, 5.74) is 0. The summed E-state index contributed by atoms with van der Waals surface area (Å²) in [6.07, 6.45) is -3.94. The van der Waals surface area contributed by atoms with Gasteiger partial charge in [-0.25, -0.2) is 0 Å². The zero-order valence-corrected chi connectivity index (χ0v) is 17.4. The molecule has 204 valence electrons. The van der Waals surface area contributed by atoms with Crippen molar-refractivity contribution >= 4 is 0 Å². The fourth-order valence-corrected chi connectivity index (χ4v) is 2.65. The third-order valence-corrected chi connectivity index (χ3v) is 4.82. The Morgan fingerprint density at radius 2 is 0.824 bits per heavy atom. The lowest BCUT2D eigenvalue weighted by Gasteiger charge is -2.43. The molecule has 0 amide bonds. The molecular weight excluding hydrogens is 520 g/mol. The van der Waals surface area contributed by atoms with Gasteiger partial charge in [0.15, 0.2) is 0 Å². The minimum absolute atomic E-state index is 0.102. The van der Waals surface area contributed by atoms with Crippen LogP contribution >= 0.6 is 0 Å². The fraction of sp³-hybridized carbons (Fsp3) is 0.889. The number of hydrogen-bond acceptors (Lipinski definition) is 0. The maximum atomic E-state index is 13.7. The van der Waals surface area contributed by atoms with E-state index in [1.165, 1.54) is 0 Å². The number of alkyl halides is 16. The lowest BCUT2D eigenvalue weighted by atomic mass is 9.86. The molecule has 0 heterocycles. The second-order valence-corrected chi connectivity index (χ2v) is 7.44. The van der Waals surface area contributed by atoms with Gasteiger partial charge in [0.2, 0.25) is 0 Å². The van der Waals surface area contributed by atoms with E-state index >= 15 is 0 Å². The van der Waals surface area contributed by atoms with Crippen molar-refractivity contribution in [1.29, 1.82) is 0 Å². The van der Waals surface area contributed by atoms with Gasteiger partial charge < -0.3 is 0 Å². The van der Waals surface area contributed by atoms with Crippen LogP contribution in [0.3, 0.4) is 0 Å². The van der Waals surface area contributed by atoms with Gasteiger partial charge in [-0.3, -0.25) is 0 Å². The molecule has 0 saturated heterocycles. The van der Waals surface area contributed by atoms with Crippen molar-refractivity contribution < 1.29 is 70.2 Å². The summed E-state index contributed by atoms with van der Waals surface area (Å²) < 4.78 is 217. The van der Waals surface area contributed by atoms with Gasteiger partial charge in [0.25, 0.3) is 0 Å². The third kappa shape index (κ3) is 4.96. The average Bonchev–Trinajstić information content (AvgIpc) is 2.66. The summed E-state index contributed by atoms with van der Waals surface area (Å²) in [5.74, 6) is -60.5. The molecule has 0 radical (unpaired) electrons. The fourth-order valence-electron chi connectivity index (χ4n) is 2.65. The second kappa shape index (κ2) is 9.94. The smallest absolute Gasteiger partial charge is 0.200 e. The molecule has 0 aliphatic heterocycles. The summed E-state index contributed by atoms with van der Waals surface area (Å²) in [7, 11) is 0. The number of hydrogen-bond donors (Lipinski definition) is 0. The molecule has 0 aliphatic carbocycles. The van der Waals surface area contributed by atoms with E-state index in [0.717, 1.165) is 0 Å². The van der Waals surface area contributed by atoms with Crippen molar-refractivity contribution in [2.24, 2.45) is 0 Å². The number of unbranched alkanes of at least 4 members (excludes halogenated alkanes) is 4. The van der Waals surface area contributed by atoms with Crippen LogP contribution in [0.15, 0.2) is 12.2 Å². The Morgan fingerprint density at radius 1 is 0.471 bits per heavy atom. The molecule has 16 heteroatoms. The van der Waals surface area contributed by atoms with E-state index in [1.54, 1.807) is 6.92 Å². The summed E-state index contributed by atoms with van der Waals surface area (Å²) in [5, 5.41) is 0. The van der Waals surface area contributed by atoms with E-state index in [4.69, 9.17) is 0 Å². The zero-order valence-electron chi connectivity index (χ0n) is 17.4. The maximum Gasteiger partial charge on any atom is 0.385 e. The van der Waals surface area contributed by atoms with Crippen LogP contribution in [-0.4, -0.2) is 47.4 Å². The van der Waals surface area contributed by atoms with Crippen LogP contribution in [0.2, 0.25) is 0 Å². The molecule has 0 fully saturated rings. The Kier molecular flexibility index (Phi) is 9.53. The predicted octanol–water partition coefficient (Wildman–Crippen LogP) is 9.01. The van der Waals surface area contributed by atoms with E-state index in [1.807, 2.05) is 0 Å². The maximum absolute atomic E-state index is 13.7. The summed E-state index contributed by atoms with van der Waals surface area (Å²) in [6.45, 7) is 2.09. The monoisotopic (exact) mass is 540 g/mol. The predicted molar refractivity (Wildman–Crippen MR) is 87.8 cm³/mol. The SMILES string of the molecule is C/C=C/C(F)(F)C(F)(F)C(F)(F)C(F)(F)C(F)(F)C(F)(F)C(F)(F)C(F)(F)CCCCCCC. The minimum atomic E-state index is -8.36. The van der Waals surface area contributed by atoms with Crippen molar-refractivity contribution in [1.82, 2.24) is 0 Å². The normalized spacial score (nSPS) is 15.9. The first-order chi connectivity index (χ1) is 14.9. The molecule has 0 aromatic carbocycles. The first-order valence-electron chi connectivity index (χ1n) is 9.53. The van der Waals surface area contributed by atoms with Crippen LogP contribution in [0.5, 0.6) is 0 Å².